The summed E-state index contributed by atoms with van der Waals surface area (Å²) in [7, 11) is 0. The molecule has 3 rings (SSSR count). The molecule has 2 atom stereocenters. The Balaban J connectivity index is 1.80. The van der Waals surface area contributed by atoms with Crippen molar-refractivity contribution in [2.45, 2.75) is 51.6 Å². The van der Waals surface area contributed by atoms with Crippen LogP contribution in [-0.4, -0.2) is 6.04 Å². The van der Waals surface area contributed by atoms with Crippen LogP contribution in [0.25, 0.3) is 0 Å². The highest BCUT2D eigenvalue weighted by Crippen LogP contribution is 2.31. The van der Waals surface area contributed by atoms with Crippen LogP contribution in [0.5, 0.6) is 0 Å². The van der Waals surface area contributed by atoms with Gasteiger partial charge in [0.1, 0.15) is 11.5 Å². The molecule has 3 aromatic rings. The number of hydrogen-bond donors (Lipinski definition) is 1. The number of hydrogen-bond acceptors (Lipinski definition) is 2. The Morgan fingerprint density at radius 2 is 1.56 bits per heavy atom. The Kier molecular flexibility index (Phi) is 6.08. The van der Waals surface area contributed by atoms with Gasteiger partial charge in [-0.05, 0) is 55.7 Å². The Hall–Kier alpha value is -2.03. The summed E-state index contributed by atoms with van der Waals surface area (Å²) in [6.07, 6.45) is 0.969. The number of halogens is 1. The number of furan rings is 1. The fraction of sp³-hybridized carbons (Fsp3) is 0.333. The van der Waals surface area contributed by atoms with Gasteiger partial charge in [0.15, 0.2) is 0 Å². The van der Waals surface area contributed by atoms with Crippen molar-refractivity contribution >= 4 is 11.6 Å². The molecule has 1 aromatic heterocycles. The lowest BCUT2D eigenvalue weighted by molar-refractivity contribution is 0.313. The molecular formula is C24H28ClNO. The van der Waals surface area contributed by atoms with E-state index in [1.54, 1.807) is 0 Å². The van der Waals surface area contributed by atoms with Crippen molar-refractivity contribution in [1.29, 1.82) is 0 Å². The summed E-state index contributed by atoms with van der Waals surface area (Å²) in [4.78, 5) is 0. The summed E-state index contributed by atoms with van der Waals surface area (Å²) in [5, 5.41) is 4.57. The van der Waals surface area contributed by atoms with Gasteiger partial charge in [-0.15, -0.1) is 0 Å². The lowest BCUT2D eigenvalue weighted by Gasteiger charge is -2.30. The molecule has 0 radical (unpaired) electrons. The van der Waals surface area contributed by atoms with Crippen molar-refractivity contribution in [1.82, 2.24) is 5.32 Å². The Morgan fingerprint density at radius 1 is 0.926 bits per heavy atom. The molecule has 0 spiro atoms. The van der Waals surface area contributed by atoms with Gasteiger partial charge < -0.3 is 9.73 Å². The minimum absolute atomic E-state index is 0.0398. The van der Waals surface area contributed by atoms with E-state index in [1.807, 2.05) is 31.2 Å². The van der Waals surface area contributed by atoms with E-state index in [9.17, 15) is 0 Å². The molecule has 2 aromatic carbocycles. The predicted molar refractivity (Wildman–Crippen MR) is 113 cm³/mol. The minimum atomic E-state index is -0.0398. The molecule has 142 valence electrons. The van der Waals surface area contributed by atoms with Gasteiger partial charge in [-0.3, -0.25) is 0 Å². The smallest absolute Gasteiger partial charge is 0.109 e. The highest BCUT2D eigenvalue weighted by Gasteiger charge is 2.28. The van der Waals surface area contributed by atoms with E-state index < -0.39 is 0 Å². The second kappa shape index (κ2) is 8.33. The van der Waals surface area contributed by atoms with Crippen LogP contribution < -0.4 is 5.32 Å². The van der Waals surface area contributed by atoms with Gasteiger partial charge in [-0.25, -0.2) is 0 Å². The highest BCUT2D eigenvalue weighted by atomic mass is 35.5. The molecule has 0 aliphatic carbocycles. The molecule has 3 heteroatoms. The van der Waals surface area contributed by atoms with E-state index >= 15 is 0 Å². The van der Waals surface area contributed by atoms with E-state index in [4.69, 9.17) is 16.0 Å². The fourth-order valence-electron chi connectivity index (χ4n) is 3.69. The lowest BCUT2D eigenvalue weighted by atomic mass is 9.83. The first kappa shape index (κ1) is 19.7. The van der Waals surface area contributed by atoms with Crippen LogP contribution in [0, 0.1) is 6.92 Å². The summed E-state index contributed by atoms with van der Waals surface area (Å²) in [6.45, 7) is 8.71. The van der Waals surface area contributed by atoms with Crippen molar-refractivity contribution in [2.24, 2.45) is 0 Å². The third kappa shape index (κ3) is 5.03. The average molecular weight is 382 g/mol. The molecule has 1 heterocycles. The number of nitrogens with one attached hydrogen (secondary N) is 1. The first-order valence-electron chi connectivity index (χ1n) is 9.48. The van der Waals surface area contributed by atoms with Crippen LogP contribution in [-0.2, 0) is 5.41 Å². The molecule has 27 heavy (non-hydrogen) atoms. The maximum Gasteiger partial charge on any atom is 0.109 e. The number of rotatable bonds is 7. The van der Waals surface area contributed by atoms with Crippen molar-refractivity contribution in [2.75, 3.05) is 0 Å². The fourth-order valence-corrected chi connectivity index (χ4v) is 3.82. The van der Waals surface area contributed by atoms with Crippen LogP contribution in [0.4, 0.5) is 0 Å². The van der Waals surface area contributed by atoms with Gasteiger partial charge in [-0.1, -0.05) is 67.9 Å². The summed E-state index contributed by atoms with van der Waals surface area (Å²) in [5.74, 6) is 2.00. The van der Waals surface area contributed by atoms with Crippen LogP contribution in [0.3, 0.4) is 0 Å². The second-order valence-electron chi connectivity index (χ2n) is 7.96. The molecule has 1 N–H and O–H groups in total. The monoisotopic (exact) mass is 381 g/mol. The quantitative estimate of drug-likeness (QED) is 0.494. The van der Waals surface area contributed by atoms with Crippen molar-refractivity contribution < 1.29 is 4.42 Å². The van der Waals surface area contributed by atoms with Gasteiger partial charge in [0.05, 0.1) is 6.04 Å². The Bertz CT molecular complexity index is 852. The van der Waals surface area contributed by atoms with Gasteiger partial charge in [-0.2, -0.15) is 0 Å². The molecule has 0 aliphatic rings. The van der Waals surface area contributed by atoms with Crippen LogP contribution in [0.1, 0.15) is 55.9 Å². The zero-order valence-electron chi connectivity index (χ0n) is 16.5. The molecule has 0 aliphatic heterocycles. The number of aryl methyl sites for hydroxylation is 1. The molecule has 0 fully saturated rings. The van der Waals surface area contributed by atoms with E-state index in [0.29, 0.717) is 6.04 Å². The van der Waals surface area contributed by atoms with Gasteiger partial charge >= 0.3 is 0 Å². The van der Waals surface area contributed by atoms with Gasteiger partial charge in [0.25, 0.3) is 0 Å². The minimum Gasteiger partial charge on any atom is -0.466 e. The maximum atomic E-state index is 6.09. The second-order valence-corrected chi connectivity index (χ2v) is 8.40. The summed E-state index contributed by atoms with van der Waals surface area (Å²) in [5.41, 5.74) is 2.42. The Labute approximate surface area is 167 Å². The van der Waals surface area contributed by atoms with E-state index in [-0.39, 0.29) is 11.5 Å². The third-order valence-corrected chi connectivity index (χ3v) is 5.26. The van der Waals surface area contributed by atoms with Crippen molar-refractivity contribution in [3.8, 4) is 0 Å². The summed E-state index contributed by atoms with van der Waals surface area (Å²) < 4.78 is 5.89. The van der Waals surface area contributed by atoms with Crippen LogP contribution >= 0.6 is 11.6 Å². The third-order valence-electron chi connectivity index (χ3n) is 5.01. The number of benzene rings is 2. The zero-order valence-corrected chi connectivity index (χ0v) is 17.3. The van der Waals surface area contributed by atoms with E-state index in [0.717, 1.165) is 23.0 Å². The van der Waals surface area contributed by atoms with Gasteiger partial charge in [0, 0.05) is 16.5 Å². The topological polar surface area (TPSA) is 25.2 Å². The Morgan fingerprint density at radius 3 is 2.15 bits per heavy atom. The standard InChI is InChI=1S/C24H28ClNO/c1-17(16-24(3,4)22-15-10-18(2)27-22)26-23(19-8-6-5-7-9-19)20-11-13-21(25)14-12-20/h5-15,17,23,26H,16H2,1-4H3/t17-,23-/m0/s1. The molecule has 0 amide bonds. The largest absolute Gasteiger partial charge is 0.466 e. The molecule has 0 unspecified atom stereocenters. The van der Waals surface area contributed by atoms with Crippen molar-refractivity contribution in [3.63, 3.8) is 0 Å². The van der Waals surface area contributed by atoms with Crippen molar-refractivity contribution in [3.05, 3.63) is 94.4 Å². The summed E-state index contributed by atoms with van der Waals surface area (Å²) in [6, 6.07) is 23.2. The van der Waals surface area contributed by atoms with Crippen LogP contribution in [0.15, 0.2) is 71.1 Å². The zero-order chi connectivity index (χ0) is 19.4. The SMILES string of the molecule is Cc1ccc(C(C)(C)C[C@H](C)N[C@@H](c2ccccc2)c2ccc(Cl)cc2)o1. The molecule has 0 saturated heterocycles. The molecular weight excluding hydrogens is 354 g/mol. The van der Waals surface area contributed by atoms with E-state index in [1.165, 1.54) is 11.1 Å². The molecule has 0 saturated carbocycles. The molecule has 2 nitrogen and oxygen atoms in total. The normalized spacial score (nSPS) is 14.1. The van der Waals surface area contributed by atoms with Gasteiger partial charge in [0.2, 0.25) is 0 Å². The average Bonchev–Trinajstić information content (AvgIpc) is 3.08. The lowest BCUT2D eigenvalue weighted by Crippen LogP contribution is -2.36. The predicted octanol–water partition coefficient (Wildman–Crippen LogP) is 6.68. The van der Waals surface area contributed by atoms with Crippen LogP contribution in [0.2, 0.25) is 5.02 Å². The summed E-state index contributed by atoms with van der Waals surface area (Å²) >= 11 is 6.09. The van der Waals surface area contributed by atoms with E-state index in [2.05, 4.69) is 68.6 Å². The highest BCUT2D eigenvalue weighted by molar-refractivity contribution is 6.30. The first-order chi connectivity index (χ1) is 12.8. The maximum absolute atomic E-state index is 6.09. The molecule has 0 bridgehead atoms. The first-order valence-corrected chi connectivity index (χ1v) is 9.86.